The van der Waals surface area contributed by atoms with Gasteiger partial charge in [0.05, 0.1) is 13.2 Å². The van der Waals surface area contributed by atoms with Crippen LogP contribution >= 0.6 is 0 Å². The smallest absolute Gasteiger partial charge is 0.329 e. The Bertz CT molecular complexity index is 596. The van der Waals surface area contributed by atoms with Gasteiger partial charge in [-0.25, -0.2) is 4.79 Å². The maximum absolute atomic E-state index is 11.5. The summed E-state index contributed by atoms with van der Waals surface area (Å²) in [7, 11) is 0. The summed E-state index contributed by atoms with van der Waals surface area (Å²) in [6, 6.07) is 8.26. The van der Waals surface area contributed by atoms with E-state index in [0.717, 1.165) is 5.56 Å². The molecule has 1 aromatic rings. The van der Waals surface area contributed by atoms with E-state index in [4.69, 9.17) is 19.3 Å². The van der Waals surface area contributed by atoms with E-state index in [1.165, 1.54) is 6.92 Å². The fourth-order valence-corrected chi connectivity index (χ4v) is 2.72. The fraction of sp³-hybridized carbons (Fsp3) is 0.529. The van der Waals surface area contributed by atoms with Crippen molar-refractivity contribution in [1.29, 1.82) is 0 Å². The Kier molecular flexibility index (Phi) is 7.49. The summed E-state index contributed by atoms with van der Waals surface area (Å²) in [6.45, 7) is 0.224. The summed E-state index contributed by atoms with van der Waals surface area (Å²) >= 11 is 0. The van der Waals surface area contributed by atoms with Gasteiger partial charge in [-0.3, -0.25) is 4.79 Å². The third-order valence-electron chi connectivity index (χ3n) is 3.88. The van der Waals surface area contributed by atoms with Crippen molar-refractivity contribution >= 4 is 11.9 Å². The van der Waals surface area contributed by atoms with Crippen LogP contribution in [-0.2, 0) is 30.4 Å². The molecule has 26 heavy (non-hydrogen) atoms. The van der Waals surface area contributed by atoms with Gasteiger partial charge in [0.2, 0.25) is 5.91 Å². The van der Waals surface area contributed by atoms with Crippen LogP contribution in [0, 0.1) is 0 Å². The van der Waals surface area contributed by atoms with Crippen LogP contribution in [0.15, 0.2) is 30.3 Å². The number of aliphatic hydroxyl groups excluding tert-OH is 2. The summed E-state index contributed by atoms with van der Waals surface area (Å²) < 4.78 is 16.5. The zero-order valence-corrected chi connectivity index (χ0v) is 14.3. The predicted octanol–water partition coefficient (Wildman–Crippen LogP) is -0.744. The number of hydrogen-bond acceptors (Lipinski definition) is 7. The summed E-state index contributed by atoms with van der Waals surface area (Å²) in [6.07, 6.45) is -4.55. The van der Waals surface area contributed by atoms with Crippen LogP contribution in [0.1, 0.15) is 12.5 Å². The molecule has 144 valence electrons. The summed E-state index contributed by atoms with van der Waals surface area (Å²) in [4.78, 5) is 22.4. The minimum atomic E-state index is -1.34. The second-order valence-electron chi connectivity index (χ2n) is 5.91. The number of carboxylic acids is 1. The number of carboxylic acid groups (broad SMARTS) is 1. The van der Waals surface area contributed by atoms with Gasteiger partial charge in [0.25, 0.3) is 0 Å². The zero-order valence-electron chi connectivity index (χ0n) is 14.3. The van der Waals surface area contributed by atoms with Gasteiger partial charge in [-0.05, 0) is 5.56 Å². The lowest BCUT2D eigenvalue weighted by Gasteiger charge is -2.43. The summed E-state index contributed by atoms with van der Waals surface area (Å²) in [5.41, 5.74) is 0.854. The highest BCUT2D eigenvalue weighted by Gasteiger charge is 2.47. The molecule has 2 rings (SSSR count). The van der Waals surface area contributed by atoms with Crippen molar-refractivity contribution in [3.8, 4) is 0 Å². The largest absolute Gasteiger partial charge is 0.480 e. The molecule has 5 atom stereocenters. The first-order valence-electron chi connectivity index (χ1n) is 8.12. The molecule has 0 saturated carbocycles. The van der Waals surface area contributed by atoms with Crippen molar-refractivity contribution < 1.29 is 39.1 Å². The average Bonchev–Trinajstić information content (AvgIpc) is 2.61. The fourth-order valence-electron chi connectivity index (χ4n) is 2.72. The number of benzene rings is 1. The molecule has 1 fully saturated rings. The van der Waals surface area contributed by atoms with Crippen molar-refractivity contribution in [2.75, 3.05) is 13.2 Å². The summed E-state index contributed by atoms with van der Waals surface area (Å²) in [5, 5.41) is 31.1. The van der Waals surface area contributed by atoms with Crippen molar-refractivity contribution in [2.45, 2.75) is 44.2 Å². The quantitative estimate of drug-likeness (QED) is 0.470. The van der Waals surface area contributed by atoms with E-state index in [-0.39, 0.29) is 6.61 Å². The third-order valence-corrected chi connectivity index (χ3v) is 3.88. The lowest BCUT2D eigenvalue weighted by atomic mass is 9.96. The molecule has 1 saturated heterocycles. The molecular weight excluding hydrogens is 346 g/mol. The van der Waals surface area contributed by atoms with E-state index in [0.29, 0.717) is 0 Å². The number of aliphatic carboxylic acids is 1. The minimum absolute atomic E-state index is 0.154. The van der Waals surface area contributed by atoms with Crippen LogP contribution in [0.3, 0.4) is 0 Å². The normalized spacial score (nSPS) is 28.5. The SMILES string of the molecule is CC(=O)N[C@@H]1[C@H](OCc2ccccc2)O[C@@H](CO)[C@@H](O)[C@@H]1OCC(=O)O. The standard InChI is InChI=1S/C17H23NO8/c1-10(20)18-14-16(24-9-13(21)22)15(23)12(7-19)26-17(14)25-8-11-5-3-2-4-6-11/h2-6,12,14-17,19,23H,7-9H2,1H3,(H,18,20)(H,21,22)/t12-,14-,15+,16+,17+/m0/s1. The number of ether oxygens (including phenoxy) is 3. The van der Waals surface area contributed by atoms with Gasteiger partial charge in [0, 0.05) is 6.92 Å². The van der Waals surface area contributed by atoms with E-state index in [1.54, 1.807) is 0 Å². The van der Waals surface area contributed by atoms with Gasteiger partial charge in [0.1, 0.15) is 31.0 Å². The van der Waals surface area contributed by atoms with Crippen LogP contribution in [0.25, 0.3) is 0 Å². The maximum Gasteiger partial charge on any atom is 0.329 e. The third kappa shape index (κ3) is 5.48. The van der Waals surface area contributed by atoms with Crippen molar-refractivity contribution in [3.63, 3.8) is 0 Å². The van der Waals surface area contributed by atoms with Gasteiger partial charge in [0.15, 0.2) is 6.29 Å². The lowest BCUT2D eigenvalue weighted by Crippen LogP contribution is -2.65. The molecule has 1 aromatic carbocycles. The Balaban J connectivity index is 2.17. The number of aliphatic hydroxyl groups is 2. The van der Waals surface area contributed by atoms with E-state index in [1.807, 2.05) is 30.3 Å². The molecule has 1 aliphatic heterocycles. The van der Waals surface area contributed by atoms with Crippen LogP contribution in [0.2, 0.25) is 0 Å². The first-order valence-corrected chi connectivity index (χ1v) is 8.12. The highest BCUT2D eigenvalue weighted by molar-refractivity contribution is 5.73. The molecule has 9 nitrogen and oxygen atoms in total. The number of amides is 1. The number of hydrogen-bond donors (Lipinski definition) is 4. The number of nitrogens with one attached hydrogen (secondary N) is 1. The molecule has 0 aliphatic carbocycles. The molecular formula is C17H23NO8. The number of carbonyl (C=O) groups is 2. The molecule has 0 bridgehead atoms. The van der Waals surface area contributed by atoms with Crippen LogP contribution < -0.4 is 5.32 Å². The second kappa shape index (κ2) is 9.60. The maximum atomic E-state index is 11.5. The van der Waals surface area contributed by atoms with E-state index >= 15 is 0 Å². The molecule has 4 N–H and O–H groups in total. The number of carbonyl (C=O) groups excluding carboxylic acids is 1. The molecule has 0 spiro atoms. The highest BCUT2D eigenvalue weighted by Crippen LogP contribution is 2.25. The van der Waals surface area contributed by atoms with E-state index < -0.39 is 55.7 Å². The molecule has 0 aromatic heterocycles. The van der Waals surface area contributed by atoms with E-state index in [2.05, 4.69) is 5.32 Å². The van der Waals surface area contributed by atoms with Crippen molar-refractivity contribution in [3.05, 3.63) is 35.9 Å². The molecule has 1 amide bonds. The number of rotatable bonds is 8. The van der Waals surface area contributed by atoms with Gasteiger partial charge in [-0.15, -0.1) is 0 Å². The van der Waals surface area contributed by atoms with Gasteiger partial charge in [-0.1, -0.05) is 30.3 Å². The molecule has 1 heterocycles. The predicted molar refractivity (Wildman–Crippen MR) is 88.0 cm³/mol. The Morgan fingerprint density at radius 3 is 2.50 bits per heavy atom. The summed E-state index contributed by atoms with van der Waals surface area (Å²) in [5.74, 6) is -1.65. The lowest BCUT2D eigenvalue weighted by molar-refractivity contribution is -0.279. The van der Waals surface area contributed by atoms with E-state index in [9.17, 15) is 19.8 Å². The molecule has 0 unspecified atom stereocenters. The van der Waals surface area contributed by atoms with Crippen molar-refractivity contribution in [2.24, 2.45) is 0 Å². The molecule has 1 aliphatic rings. The van der Waals surface area contributed by atoms with Gasteiger partial charge in [-0.2, -0.15) is 0 Å². The molecule has 0 radical (unpaired) electrons. The first-order chi connectivity index (χ1) is 12.4. The first kappa shape index (κ1) is 20.3. The Labute approximate surface area is 150 Å². The minimum Gasteiger partial charge on any atom is -0.480 e. The Hall–Kier alpha value is -2.04. The average molecular weight is 369 g/mol. The Morgan fingerprint density at radius 2 is 1.92 bits per heavy atom. The monoisotopic (exact) mass is 369 g/mol. The van der Waals surface area contributed by atoms with Gasteiger partial charge >= 0.3 is 5.97 Å². The highest BCUT2D eigenvalue weighted by atomic mass is 16.7. The van der Waals surface area contributed by atoms with Gasteiger partial charge < -0.3 is 34.8 Å². The second-order valence-corrected chi connectivity index (χ2v) is 5.91. The topological polar surface area (TPSA) is 135 Å². The zero-order chi connectivity index (χ0) is 19.1. The van der Waals surface area contributed by atoms with Crippen LogP contribution in [0.4, 0.5) is 0 Å². The molecule has 9 heteroatoms. The van der Waals surface area contributed by atoms with Crippen LogP contribution in [0.5, 0.6) is 0 Å². The van der Waals surface area contributed by atoms with Crippen LogP contribution in [-0.4, -0.2) is 71.1 Å². The van der Waals surface area contributed by atoms with Crippen molar-refractivity contribution in [1.82, 2.24) is 5.32 Å². The Morgan fingerprint density at radius 1 is 1.23 bits per heavy atom.